The maximum Gasteiger partial charge on any atom is 0.269 e. The van der Waals surface area contributed by atoms with E-state index < -0.39 is 22.0 Å². The van der Waals surface area contributed by atoms with Crippen LogP contribution in [0, 0.1) is 0 Å². The predicted molar refractivity (Wildman–Crippen MR) is 100 cm³/mol. The van der Waals surface area contributed by atoms with Crippen LogP contribution in [0.5, 0.6) is 0 Å². The number of amides is 2. The van der Waals surface area contributed by atoms with Crippen molar-refractivity contribution in [3.8, 4) is 0 Å². The summed E-state index contributed by atoms with van der Waals surface area (Å²) in [5.41, 5.74) is 1.49. The van der Waals surface area contributed by atoms with Gasteiger partial charge in [-0.2, -0.15) is 0 Å². The molecule has 2 aliphatic heterocycles. The van der Waals surface area contributed by atoms with Crippen LogP contribution in [0.4, 0.5) is 0 Å². The first-order valence-corrected chi connectivity index (χ1v) is 9.66. The molecule has 2 heterocycles. The number of carbonyl (C=O) groups is 2. The Labute approximate surface area is 159 Å². The first kappa shape index (κ1) is 20.4. The van der Waals surface area contributed by atoms with Gasteiger partial charge in [0.05, 0.1) is 5.56 Å². The smallest absolute Gasteiger partial charge is 0.269 e. The number of hydrogen-bond acceptors (Lipinski definition) is 5. The topological polar surface area (TPSA) is 95.6 Å². The van der Waals surface area contributed by atoms with Crippen molar-refractivity contribution in [3.63, 3.8) is 0 Å². The molecule has 0 saturated carbocycles. The summed E-state index contributed by atoms with van der Waals surface area (Å²) in [5, 5.41) is 6.00. The van der Waals surface area contributed by atoms with Crippen molar-refractivity contribution < 1.29 is 18.0 Å². The molecule has 3 rings (SSSR count). The largest absolute Gasteiger partial charge is 0.348 e. The third-order valence-electron chi connectivity index (χ3n) is 4.31. The van der Waals surface area contributed by atoms with E-state index in [9.17, 15) is 18.0 Å². The van der Waals surface area contributed by atoms with E-state index in [0.717, 1.165) is 29.4 Å². The molecule has 0 aromatic heterocycles. The summed E-state index contributed by atoms with van der Waals surface area (Å²) >= 11 is 0. The van der Waals surface area contributed by atoms with Gasteiger partial charge in [0.1, 0.15) is 4.90 Å². The maximum absolute atomic E-state index is 12.6. The molecule has 0 fully saturated rings. The minimum atomic E-state index is -3.90. The van der Waals surface area contributed by atoms with Crippen LogP contribution in [0.1, 0.15) is 41.0 Å². The molecule has 0 unspecified atom stereocenters. The molecule has 0 saturated heterocycles. The van der Waals surface area contributed by atoms with E-state index in [1.165, 1.54) is 18.2 Å². The van der Waals surface area contributed by atoms with Gasteiger partial charge < -0.3 is 10.6 Å². The Hall–Kier alpha value is -1.90. The molecule has 7 nitrogen and oxygen atoms in total. The number of hydrogen-bond donors (Lipinski definition) is 2. The lowest BCUT2D eigenvalue weighted by molar-refractivity contribution is 0.0845. The second kappa shape index (κ2) is 7.77. The molecule has 142 valence electrons. The average Bonchev–Trinajstić information content (AvgIpc) is 2.79. The maximum atomic E-state index is 12.6. The number of nitrogens with one attached hydrogen (secondary N) is 2. The molecule has 0 bridgehead atoms. The monoisotopic (exact) mass is 399 g/mol. The third-order valence-corrected chi connectivity index (χ3v) is 6.31. The van der Waals surface area contributed by atoms with Crippen molar-refractivity contribution in [3.05, 3.63) is 41.0 Å². The molecule has 1 aromatic rings. The van der Waals surface area contributed by atoms with Crippen LogP contribution in [0.15, 0.2) is 34.7 Å². The number of nitrogens with zero attached hydrogens (tertiary/aromatic N) is 1. The van der Waals surface area contributed by atoms with E-state index in [2.05, 4.69) is 10.6 Å². The molecule has 9 heteroatoms. The van der Waals surface area contributed by atoms with E-state index >= 15 is 0 Å². The van der Waals surface area contributed by atoms with Crippen molar-refractivity contribution in [2.45, 2.75) is 31.2 Å². The number of halogens is 1. The Bertz CT molecular complexity index is 865. The van der Waals surface area contributed by atoms with Crippen LogP contribution in [0.2, 0.25) is 0 Å². The molecule has 0 aliphatic carbocycles. The van der Waals surface area contributed by atoms with Crippen molar-refractivity contribution >= 4 is 34.2 Å². The fourth-order valence-corrected chi connectivity index (χ4v) is 4.82. The van der Waals surface area contributed by atoms with Crippen molar-refractivity contribution in [1.82, 2.24) is 14.9 Å². The summed E-state index contributed by atoms with van der Waals surface area (Å²) in [5.74, 6) is -0.898. The van der Waals surface area contributed by atoms with E-state index in [1.54, 1.807) is 13.8 Å². The standard InChI is InChI=1S/C17H21N3O4S.ClH/c1-11(2)20-17(22)14-4-3-13(9-15(14)25(20,23)24)16(21)19-10-12-5-7-18-8-6-12;/h3-5,9,11,18H,6-8,10H2,1-2H3,(H,19,21);1H. The molecular formula is C17H22ClN3O4S. The highest BCUT2D eigenvalue weighted by Gasteiger charge is 2.42. The quantitative estimate of drug-likeness (QED) is 0.744. The Morgan fingerprint density at radius 3 is 2.69 bits per heavy atom. The normalized spacial score (nSPS) is 18.2. The second-order valence-corrected chi connectivity index (χ2v) is 8.19. The van der Waals surface area contributed by atoms with Crippen LogP contribution in [-0.2, 0) is 10.0 Å². The van der Waals surface area contributed by atoms with Gasteiger partial charge in [0, 0.05) is 24.7 Å². The SMILES string of the molecule is CC(C)N1C(=O)c2ccc(C(=O)NCC3=CCNCC3)cc2S1(=O)=O.Cl. The molecule has 2 N–H and O–H groups in total. The lowest BCUT2D eigenvalue weighted by Gasteiger charge is -2.18. The highest BCUT2D eigenvalue weighted by Crippen LogP contribution is 2.32. The van der Waals surface area contributed by atoms with Gasteiger partial charge in [0.15, 0.2) is 0 Å². The minimum Gasteiger partial charge on any atom is -0.348 e. The summed E-state index contributed by atoms with van der Waals surface area (Å²) in [6.07, 6.45) is 2.91. The molecule has 0 radical (unpaired) electrons. The van der Waals surface area contributed by atoms with Crippen LogP contribution in [0.3, 0.4) is 0 Å². The number of benzene rings is 1. The van der Waals surface area contributed by atoms with Crippen LogP contribution in [0.25, 0.3) is 0 Å². The first-order valence-electron chi connectivity index (χ1n) is 8.22. The predicted octanol–water partition coefficient (Wildman–Crippen LogP) is 1.31. The van der Waals surface area contributed by atoms with Gasteiger partial charge in [-0.15, -0.1) is 12.4 Å². The van der Waals surface area contributed by atoms with E-state index in [1.807, 2.05) is 6.08 Å². The van der Waals surface area contributed by atoms with Gasteiger partial charge in [-0.1, -0.05) is 11.6 Å². The second-order valence-electron chi connectivity index (χ2n) is 6.41. The van der Waals surface area contributed by atoms with Crippen LogP contribution < -0.4 is 10.6 Å². The highest BCUT2D eigenvalue weighted by atomic mass is 35.5. The summed E-state index contributed by atoms with van der Waals surface area (Å²) in [4.78, 5) is 24.6. The molecule has 2 amide bonds. The Kier molecular flexibility index (Phi) is 6.10. The summed E-state index contributed by atoms with van der Waals surface area (Å²) in [7, 11) is -3.90. The Morgan fingerprint density at radius 1 is 1.35 bits per heavy atom. The number of sulfonamides is 1. The zero-order chi connectivity index (χ0) is 18.2. The molecule has 26 heavy (non-hydrogen) atoms. The fourth-order valence-electron chi connectivity index (χ4n) is 3.03. The minimum absolute atomic E-state index is 0. The molecule has 2 aliphatic rings. The molecule has 0 spiro atoms. The van der Waals surface area contributed by atoms with Gasteiger partial charge in [-0.3, -0.25) is 9.59 Å². The summed E-state index contributed by atoms with van der Waals surface area (Å²) < 4.78 is 26.0. The Balaban J connectivity index is 0.00000243. The number of rotatable bonds is 4. The van der Waals surface area contributed by atoms with E-state index in [-0.39, 0.29) is 34.3 Å². The zero-order valence-electron chi connectivity index (χ0n) is 14.6. The number of carbonyl (C=O) groups excluding carboxylic acids is 2. The van der Waals surface area contributed by atoms with E-state index in [0.29, 0.717) is 6.54 Å². The van der Waals surface area contributed by atoms with E-state index in [4.69, 9.17) is 0 Å². The number of fused-ring (bicyclic) bond motifs is 1. The molecular weight excluding hydrogens is 378 g/mol. The lowest BCUT2D eigenvalue weighted by Crippen LogP contribution is -2.36. The van der Waals surface area contributed by atoms with Gasteiger partial charge in [-0.05, 0) is 45.0 Å². The highest BCUT2D eigenvalue weighted by molar-refractivity contribution is 7.90. The Morgan fingerprint density at radius 2 is 2.08 bits per heavy atom. The lowest BCUT2D eigenvalue weighted by atomic mass is 10.1. The zero-order valence-corrected chi connectivity index (χ0v) is 16.2. The first-order chi connectivity index (χ1) is 11.8. The van der Waals surface area contributed by atoms with Gasteiger partial charge >= 0.3 is 0 Å². The van der Waals surface area contributed by atoms with Gasteiger partial charge in [-0.25, -0.2) is 12.7 Å². The van der Waals surface area contributed by atoms with Gasteiger partial charge in [0.2, 0.25) is 0 Å². The van der Waals surface area contributed by atoms with Crippen LogP contribution in [-0.4, -0.2) is 50.2 Å². The van der Waals surface area contributed by atoms with Crippen molar-refractivity contribution in [2.24, 2.45) is 0 Å². The van der Waals surface area contributed by atoms with Crippen molar-refractivity contribution in [1.29, 1.82) is 0 Å². The average molecular weight is 400 g/mol. The molecule has 1 aromatic carbocycles. The molecule has 0 atom stereocenters. The summed E-state index contributed by atoms with van der Waals surface area (Å²) in [6, 6.07) is 3.71. The summed E-state index contributed by atoms with van der Waals surface area (Å²) in [6.45, 7) is 5.38. The fraction of sp³-hybridized carbons (Fsp3) is 0.412. The van der Waals surface area contributed by atoms with Crippen molar-refractivity contribution in [2.75, 3.05) is 19.6 Å². The van der Waals surface area contributed by atoms with Gasteiger partial charge in [0.25, 0.3) is 21.8 Å². The third kappa shape index (κ3) is 3.62. The van der Waals surface area contributed by atoms with Crippen LogP contribution >= 0.6 is 12.4 Å².